The van der Waals surface area contributed by atoms with Gasteiger partial charge in [0.2, 0.25) is 0 Å². The number of hydrogen-bond donors (Lipinski definition) is 1. The van der Waals surface area contributed by atoms with Crippen molar-refractivity contribution in [1.82, 2.24) is 10.2 Å². The molecule has 2 rings (SSSR count). The van der Waals surface area contributed by atoms with E-state index in [9.17, 15) is 18.0 Å². The van der Waals surface area contributed by atoms with Crippen LogP contribution in [-0.4, -0.2) is 47.9 Å². The summed E-state index contributed by atoms with van der Waals surface area (Å²) >= 11 is 6.04. The molecule has 1 heterocycles. The van der Waals surface area contributed by atoms with Gasteiger partial charge in [0.15, 0.2) is 0 Å². The van der Waals surface area contributed by atoms with Crippen LogP contribution in [0.4, 0.5) is 18.0 Å². The number of piperidine rings is 1. The first-order valence-corrected chi connectivity index (χ1v) is 10.6. The summed E-state index contributed by atoms with van der Waals surface area (Å²) in [6.45, 7) is 8.81. The molecule has 0 radical (unpaired) electrons. The van der Waals surface area contributed by atoms with Gasteiger partial charge in [-0.3, -0.25) is 0 Å². The van der Waals surface area contributed by atoms with Gasteiger partial charge in [-0.1, -0.05) is 23.7 Å². The predicted molar refractivity (Wildman–Crippen MR) is 113 cm³/mol. The number of carbonyl (C=O) groups is 1. The Hall–Kier alpha value is -1.47. The molecule has 0 unspecified atom stereocenters. The lowest BCUT2D eigenvalue weighted by Gasteiger charge is -2.44. The molecular formula is C22H32ClF3N2O2. The zero-order valence-corrected chi connectivity index (χ0v) is 19.1. The summed E-state index contributed by atoms with van der Waals surface area (Å²) in [5, 5.41) is 3.24. The van der Waals surface area contributed by atoms with Crippen molar-refractivity contribution in [2.45, 2.75) is 76.6 Å². The van der Waals surface area contributed by atoms with E-state index in [2.05, 4.69) is 5.32 Å². The topological polar surface area (TPSA) is 41.6 Å². The van der Waals surface area contributed by atoms with Crippen LogP contribution in [0.1, 0.15) is 59.4 Å². The van der Waals surface area contributed by atoms with E-state index in [4.69, 9.17) is 16.3 Å². The average molecular weight is 449 g/mol. The summed E-state index contributed by atoms with van der Waals surface area (Å²) in [5.74, 6) is 0. The SMILES string of the molecule is CC(C)(C)OC(=O)N1CCC[C@](CCNC(C)(C)C(F)(F)F)(c2ccc(Cl)cc2)C1. The van der Waals surface area contributed by atoms with Crippen LogP contribution in [0.5, 0.6) is 0 Å². The standard InChI is InChI=1S/C22H32ClF3N2O2/c1-19(2,3)30-18(29)28-14-6-11-21(15-28,16-7-9-17(23)10-8-16)12-13-27-20(4,5)22(24,25)26/h7-10,27H,6,11-15H2,1-5H3/t21-/m1/s1. The summed E-state index contributed by atoms with van der Waals surface area (Å²) in [5.41, 5.74) is -2.12. The molecule has 1 fully saturated rings. The van der Waals surface area contributed by atoms with Gasteiger partial charge in [-0.05, 0) is 78.1 Å². The fraction of sp³-hybridized carbons (Fsp3) is 0.682. The Balaban J connectivity index is 2.24. The van der Waals surface area contributed by atoms with Crippen molar-refractivity contribution in [3.8, 4) is 0 Å². The summed E-state index contributed by atoms with van der Waals surface area (Å²) in [6.07, 6.45) is -2.79. The highest BCUT2D eigenvalue weighted by atomic mass is 35.5. The number of likely N-dealkylation sites (tertiary alicyclic amines) is 1. The molecule has 1 aliphatic rings. The normalized spacial score (nSPS) is 20.9. The summed E-state index contributed by atoms with van der Waals surface area (Å²) in [7, 11) is 0. The van der Waals surface area contributed by atoms with E-state index in [0.717, 1.165) is 32.3 Å². The molecule has 30 heavy (non-hydrogen) atoms. The number of halogens is 4. The molecule has 1 atom stereocenters. The third kappa shape index (κ3) is 6.27. The molecule has 8 heteroatoms. The molecular weight excluding hydrogens is 417 g/mol. The highest BCUT2D eigenvalue weighted by Crippen LogP contribution is 2.39. The number of nitrogens with one attached hydrogen (secondary N) is 1. The molecule has 1 aromatic rings. The molecule has 4 nitrogen and oxygen atoms in total. The number of rotatable bonds is 5. The maximum atomic E-state index is 13.2. The van der Waals surface area contributed by atoms with Crippen molar-refractivity contribution in [2.24, 2.45) is 0 Å². The second kappa shape index (κ2) is 8.95. The van der Waals surface area contributed by atoms with Gasteiger partial charge in [-0.15, -0.1) is 0 Å². The lowest BCUT2D eigenvalue weighted by molar-refractivity contribution is -0.186. The molecule has 1 N–H and O–H groups in total. The van der Waals surface area contributed by atoms with Crippen LogP contribution in [0.15, 0.2) is 24.3 Å². The smallest absolute Gasteiger partial charge is 0.410 e. The molecule has 0 aliphatic carbocycles. The van der Waals surface area contributed by atoms with Gasteiger partial charge < -0.3 is 15.0 Å². The van der Waals surface area contributed by atoms with Gasteiger partial charge in [0, 0.05) is 23.5 Å². The number of amides is 1. The minimum atomic E-state index is -4.35. The monoisotopic (exact) mass is 448 g/mol. The van der Waals surface area contributed by atoms with E-state index in [-0.39, 0.29) is 6.54 Å². The number of ether oxygens (including phenoxy) is 1. The van der Waals surface area contributed by atoms with Gasteiger partial charge in [0.05, 0.1) is 0 Å². The van der Waals surface area contributed by atoms with Crippen LogP contribution in [-0.2, 0) is 10.2 Å². The quantitative estimate of drug-likeness (QED) is 0.607. The average Bonchev–Trinajstić information content (AvgIpc) is 2.60. The van der Waals surface area contributed by atoms with E-state index < -0.39 is 28.8 Å². The van der Waals surface area contributed by atoms with Gasteiger partial charge in [-0.2, -0.15) is 13.2 Å². The Bertz CT molecular complexity index is 729. The first kappa shape index (κ1) is 24.8. The van der Waals surface area contributed by atoms with Crippen molar-refractivity contribution in [2.75, 3.05) is 19.6 Å². The molecule has 0 aromatic heterocycles. The highest BCUT2D eigenvalue weighted by Gasteiger charge is 2.47. The highest BCUT2D eigenvalue weighted by molar-refractivity contribution is 6.30. The van der Waals surface area contributed by atoms with Crippen LogP contribution in [0.2, 0.25) is 5.02 Å². The molecule has 0 saturated carbocycles. The van der Waals surface area contributed by atoms with Crippen LogP contribution in [0.3, 0.4) is 0 Å². The van der Waals surface area contributed by atoms with Gasteiger partial charge >= 0.3 is 12.3 Å². The van der Waals surface area contributed by atoms with E-state index >= 15 is 0 Å². The Morgan fingerprint density at radius 1 is 1.17 bits per heavy atom. The Kier molecular flexibility index (Phi) is 7.40. The van der Waals surface area contributed by atoms with E-state index in [1.54, 1.807) is 17.0 Å². The minimum Gasteiger partial charge on any atom is -0.444 e. The fourth-order valence-corrected chi connectivity index (χ4v) is 3.84. The fourth-order valence-electron chi connectivity index (χ4n) is 3.72. The van der Waals surface area contributed by atoms with Crippen molar-refractivity contribution < 1.29 is 22.7 Å². The van der Waals surface area contributed by atoms with E-state index in [0.29, 0.717) is 24.5 Å². The number of alkyl halides is 3. The molecule has 0 spiro atoms. The largest absolute Gasteiger partial charge is 0.444 e. The molecule has 1 saturated heterocycles. The minimum absolute atomic E-state index is 0.164. The first-order chi connectivity index (χ1) is 13.7. The zero-order valence-electron chi connectivity index (χ0n) is 18.3. The Labute approximate surface area is 182 Å². The van der Waals surface area contributed by atoms with Crippen molar-refractivity contribution in [3.05, 3.63) is 34.9 Å². The maximum Gasteiger partial charge on any atom is 0.410 e. The third-order valence-electron chi connectivity index (χ3n) is 5.56. The predicted octanol–water partition coefficient (Wildman–Crippen LogP) is 5.93. The molecule has 0 bridgehead atoms. The van der Waals surface area contributed by atoms with Crippen molar-refractivity contribution >= 4 is 17.7 Å². The van der Waals surface area contributed by atoms with Crippen LogP contribution in [0.25, 0.3) is 0 Å². The molecule has 1 amide bonds. The lowest BCUT2D eigenvalue weighted by atomic mass is 9.71. The van der Waals surface area contributed by atoms with Gasteiger partial charge in [-0.25, -0.2) is 4.79 Å². The van der Waals surface area contributed by atoms with Crippen molar-refractivity contribution in [1.29, 1.82) is 0 Å². The Morgan fingerprint density at radius 3 is 2.30 bits per heavy atom. The van der Waals surface area contributed by atoms with Crippen LogP contribution >= 0.6 is 11.6 Å². The van der Waals surface area contributed by atoms with E-state index in [1.807, 2.05) is 32.9 Å². The van der Waals surface area contributed by atoms with E-state index in [1.165, 1.54) is 0 Å². The molecule has 170 valence electrons. The van der Waals surface area contributed by atoms with Gasteiger partial charge in [0.25, 0.3) is 0 Å². The first-order valence-electron chi connectivity index (χ1n) is 10.2. The number of hydrogen-bond acceptors (Lipinski definition) is 3. The lowest BCUT2D eigenvalue weighted by Crippen LogP contribution is -2.55. The van der Waals surface area contributed by atoms with Crippen LogP contribution < -0.4 is 5.32 Å². The number of benzene rings is 1. The Morgan fingerprint density at radius 2 is 1.77 bits per heavy atom. The number of carbonyl (C=O) groups excluding carboxylic acids is 1. The second-order valence-electron chi connectivity index (χ2n) is 9.59. The second-order valence-corrected chi connectivity index (χ2v) is 10.0. The van der Waals surface area contributed by atoms with Crippen molar-refractivity contribution in [3.63, 3.8) is 0 Å². The maximum absolute atomic E-state index is 13.2. The molecule has 1 aliphatic heterocycles. The summed E-state index contributed by atoms with van der Waals surface area (Å²) in [6, 6.07) is 7.35. The molecule has 1 aromatic carbocycles. The number of nitrogens with zero attached hydrogens (tertiary/aromatic N) is 1. The van der Waals surface area contributed by atoms with Gasteiger partial charge in [0.1, 0.15) is 11.1 Å². The van der Waals surface area contributed by atoms with Crippen LogP contribution in [0, 0.1) is 0 Å². The summed E-state index contributed by atoms with van der Waals surface area (Å²) < 4.78 is 45.3. The zero-order chi connectivity index (χ0) is 22.8. The third-order valence-corrected chi connectivity index (χ3v) is 5.82. The summed E-state index contributed by atoms with van der Waals surface area (Å²) in [4.78, 5) is 14.3.